The van der Waals surface area contributed by atoms with Crippen molar-refractivity contribution in [3.05, 3.63) is 36.5 Å². The lowest BCUT2D eigenvalue weighted by molar-refractivity contribution is -0.148. The molecule has 1 saturated heterocycles. The minimum Gasteiger partial charge on any atom is -0.481 e. The van der Waals surface area contributed by atoms with Gasteiger partial charge in [0.2, 0.25) is 0 Å². The van der Waals surface area contributed by atoms with E-state index in [1.54, 1.807) is 6.20 Å². The van der Waals surface area contributed by atoms with Gasteiger partial charge in [0.15, 0.2) is 0 Å². The molecule has 4 nitrogen and oxygen atoms in total. The van der Waals surface area contributed by atoms with Crippen molar-refractivity contribution in [3.8, 4) is 0 Å². The Bertz CT molecular complexity index is 650. The van der Waals surface area contributed by atoms with Gasteiger partial charge in [-0.15, -0.1) is 0 Å². The summed E-state index contributed by atoms with van der Waals surface area (Å²) < 4.78 is 0. The zero-order valence-corrected chi connectivity index (χ0v) is 11.5. The van der Waals surface area contributed by atoms with Gasteiger partial charge in [-0.1, -0.05) is 18.2 Å². The van der Waals surface area contributed by atoms with Crippen molar-refractivity contribution in [2.75, 3.05) is 18.0 Å². The van der Waals surface area contributed by atoms with Crippen molar-refractivity contribution in [2.24, 2.45) is 5.41 Å². The number of pyridine rings is 1. The highest BCUT2D eigenvalue weighted by atomic mass is 16.4. The average molecular weight is 270 g/mol. The van der Waals surface area contributed by atoms with Crippen LogP contribution >= 0.6 is 0 Å². The van der Waals surface area contributed by atoms with Gasteiger partial charge >= 0.3 is 5.97 Å². The molecule has 2 heterocycles. The molecule has 0 radical (unpaired) electrons. The predicted molar refractivity (Wildman–Crippen MR) is 78.9 cm³/mol. The van der Waals surface area contributed by atoms with E-state index in [0.29, 0.717) is 6.54 Å². The summed E-state index contributed by atoms with van der Waals surface area (Å²) in [6, 6.07) is 9.98. The van der Waals surface area contributed by atoms with Gasteiger partial charge in [-0.25, -0.2) is 0 Å². The van der Waals surface area contributed by atoms with Crippen molar-refractivity contribution >= 4 is 22.6 Å². The largest absolute Gasteiger partial charge is 0.481 e. The Hall–Kier alpha value is -2.10. The van der Waals surface area contributed by atoms with Gasteiger partial charge in [0.25, 0.3) is 0 Å². The van der Waals surface area contributed by atoms with Crippen LogP contribution in [0, 0.1) is 5.41 Å². The summed E-state index contributed by atoms with van der Waals surface area (Å²) >= 11 is 0. The Labute approximate surface area is 118 Å². The SMILES string of the molecule is CC1(C(=O)O)CCCN(c2ccnc3ccccc23)C1. The van der Waals surface area contributed by atoms with Gasteiger partial charge in [0.05, 0.1) is 10.9 Å². The number of hydrogen-bond donors (Lipinski definition) is 1. The van der Waals surface area contributed by atoms with Crippen LogP contribution in [0.15, 0.2) is 36.5 Å². The fourth-order valence-corrected chi connectivity index (χ4v) is 2.98. The van der Waals surface area contributed by atoms with E-state index in [2.05, 4.69) is 9.88 Å². The summed E-state index contributed by atoms with van der Waals surface area (Å²) in [5.41, 5.74) is 1.37. The fourth-order valence-electron chi connectivity index (χ4n) is 2.98. The van der Waals surface area contributed by atoms with Crippen LogP contribution < -0.4 is 4.90 Å². The quantitative estimate of drug-likeness (QED) is 0.911. The molecule has 0 spiro atoms. The Morgan fingerprint density at radius 2 is 2.15 bits per heavy atom. The first-order valence-electron chi connectivity index (χ1n) is 6.92. The Kier molecular flexibility index (Phi) is 3.08. The zero-order chi connectivity index (χ0) is 14.2. The Balaban J connectivity index is 2.01. The number of benzene rings is 1. The number of carboxylic acid groups (broad SMARTS) is 1. The van der Waals surface area contributed by atoms with Gasteiger partial charge in [-0.3, -0.25) is 9.78 Å². The third-order valence-electron chi connectivity index (χ3n) is 4.18. The maximum Gasteiger partial charge on any atom is 0.311 e. The van der Waals surface area contributed by atoms with Gasteiger partial charge in [-0.05, 0) is 31.9 Å². The summed E-state index contributed by atoms with van der Waals surface area (Å²) in [7, 11) is 0. The van der Waals surface area contributed by atoms with Crippen LogP contribution in [0.3, 0.4) is 0 Å². The molecule has 1 N–H and O–H groups in total. The van der Waals surface area contributed by atoms with Crippen LogP contribution in [-0.4, -0.2) is 29.1 Å². The number of aliphatic carboxylic acids is 1. The monoisotopic (exact) mass is 270 g/mol. The Morgan fingerprint density at radius 1 is 1.35 bits per heavy atom. The first-order valence-corrected chi connectivity index (χ1v) is 6.92. The van der Waals surface area contributed by atoms with E-state index < -0.39 is 11.4 Å². The molecule has 1 unspecified atom stereocenters. The molecule has 0 bridgehead atoms. The molecule has 20 heavy (non-hydrogen) atoms. The fraction of sp³-hybridized carbons (Fsp3) is 0.375. The van der Waals surface area contributed by atoms with Crippen LogP contribution in [0.5, 0.6) is 0 Å². The van der Waals surface area contributed by atoms with Crippen LogP contribution in [-0.2, 0) is 4.79 Å². The number of anilines is 1. The number of piperidine rings is 1. The smallest absolute Gasteiger partial charge is 0.311 e. The van der Waals surface area contributed by atoms with Gasteiger partial charge < -0.3 is 10.0 Å². The van der Waals surface area contributed by atoms with Crippen molar-refractivity contribution in [3.63, 3.8) is 0 Å². The van der Waals surface area contributed by atoms with Crippen LogP contribution in [0.1, 0.15) is 19.8 Å². The highest BCUT2D eigenvalue weighted by Crippen LogP contribution is 2.34. The number of fused-ring (bicyclic) bond motifs is 1. The minimum atomic E-state index is -0.708. The van der Waals surface area contributed by atoms with E-state index >= 15 is 0 Å². The molecular weight excluding hydrogens is 252 g/mol. The summed E-state index contributed by atoms with van der Waals surface area (Å²) in [6.07, 6.45) is 3.44. The normalized spacial score (nSPS) is 22.9. The lowest BCUT2D eigenvalue weighted by Crippen LogP contribution is -2.46. The highest BCUT2D eigenvalue weighted by molar-refractivity contribution is 5.91. The number of nitrogens with zero attached hydrogens (tertiary/aromatic N) is 2. The van der Waals surface area contributed by atoms with E-state index in [4.69, 9.17) is 0 Å². The number of hydrogen-bond acceptors (Lipinski definition) is 3. The Morgan fingerprint density at radius 3 is 2.95 bits per heavy atom. The lowest BCUT2D eigenvalue weighted by Gasteiger charge is -2.39. The second-order valence-corrected chi connectivity index (χ2v) is 5.74. The molecule has 1 atom stereocenters. The molecule has 1 aliphatic heterocycles. The van der Waals surface area contributed by atoms with Crippen molar-refractivity contribution in [1.29, 1.82) is 0 Å². The molecule has 0 saturated carbocycles. The van der Waals surface area contributed by atoms with Crippen LogP contribution in [0.4, 0.5) is 5.69 Å². The average Bonchev–Trinajstić information content (AvgIpc) is 2.46. The minimum absolute atomic E-state index is 0.552. The second-order valence-electron chi connectivity index (χ2n) is 5.74. The molecular formula is C16H18N2O2. The van der Waals surface area contributed by atoms with E-state index in [1.165, 1.54) is 0 Å². The first-order chi connectivity index (χ1) is 9.60. The molecule has 1 fully saturated rings. The van der Waals surface area contributed by atoms with E-state index in [9.17, 15) is 9.90 Å². The number of para-hydroxylation sites is 1. The molecule has 1 aromatic carbocycles. The maximum atomic E-state index is 11.5. The third kappa shape index (κ3) is 2.11. The van der Waals surface area contributed by atoms with Crippen LogP contribution in [0.2, 0.25) is 0 Å². The molecule has 2 aromatic rings. The number of rotatable bonds is 2. The molecule has 1 aliphatic rings. The van der Waals surface area contributed by atoms with Crippen molar-refractivity contribution in [2.45, 2.75) is 19.8 Å². The summed E-state index contributed by atoms with van der Waals surface area (Å²) in [4.78, 5) is 18.0. The predicted octanol–water partition coefficient (Wildman–Crippen LogP) is 2.93. The van der Waals surface area contributed by atoms with Gasteiger partial charge in [0.1, 0.15) is 0 Å². The number of carbonyl (C=O) groups is 1. The maximum absolute atomic E-state index is 11.5. The van der Waals surface area contributed by atoms with E-state index in [1.807, 2.05) is 37.3 Å². The number of aromatic nitrogens is 1. The third-order valence-corrected chi connectivity index (χ3v) is 4.18. The topological polar surface area (TPSA) is 53.4 Å². The first kappa shape index (κ1) is 12.9. The highest BCUT2D eigenvalue weighted by Gasteiger charge is 2.38. The molecule has 3 rings (SSSR count). The summed E-state index contributed by atoms with van der Waals surface area (Å²) in [6.45, 7) is 3.29. The standard InChI is InChI=1S/C16H18N2O2/c1-16(15(19)20)8-4-10-18(11-16)14-7-9-17-13-6-3-2-5-12(13)14/h2-3,5-7,9H,4,8,10-11H2,1H3,(H,19,20). The van der Waals surface area contributed by atoms with Gasteiger partial charge in [0, 0.05) is 30.4 Å². The van der Waals surface area contributed by atoms with E-state index in [0.717, 1.165) is 36.0 Å². The zero-order valence-electron chi connectivity index (χ0n) is 11.5. The lowest BCUT2D eigenvalue weighted by atomic mass is 9.82. The van der Waals surface area contributed by atoms with Crippen LogP contribution in [0.25, 0.3) is 10.9 Å². The molecule has 104 valence electrons. The van der Waals surface area contributed by atoms with Crippen molar-refractivity contribution in [1.82, 2.24) is 4.98 Å². The summed E-state index contributed by atoms with van der Waals surface area (Å²) in [5, 5.41) is 10.5. The van der Waals surface area contributed by atoms with Crippen molar-refractivity contribution < 1.29 is 9.90 Å². The number of carboxylic acids is 1. The second kappa shape index (κ2) is 4.78. The molecule has 4 heteroatoms. The molecule has 0 amide bonds. The molecule has 0 aliphatic carbocycles. The van der Waals surface area contributed by atoms with Gasteiger partial charge in [-0.2, -0.15) is 0 Å². The molecule has 1 aromatic heterocycles. The summed E-state index contributed by atoms with van der Waals surface area (Å²) in [5.74, 6) is -0.708. The van der Waals surface area contributed by atoms with E-state index in [-0.39, 0.29) is 0 Å².